The number of ether oxygens (including phenoxy) is 3. The number of aliphatic hydroxyl groups excluding tert-OH is 1. The zero-order valence-electron chi connectivity index (χ0n) is 17.8. The van der Waals surface area contributed by atoms with E-state index in [-0.39, 0.29) is 18.3 Å². The van der Waals surface area contributed by atoms with Crippen LogP contribution in [-0.2, 0) is 14.2 Å². The predicted octanol–water partition coefficient (Wildman–Crippen LogP) is 2.78. The molecule has 1 aromatic carbocycles. The van der Waals surface area contributed by atoms with Crippen LogP contribution in [0.3, 0.4) is 0 Å². The second-order valence-corrected chi connectivity index (χ2v) is 7.44. The first-order valence-corrected chi connectivity index (χ1v) is 10.4. The molecule has 0 spiro atoms. The smallest absolute Gasteiger partial charge is 0.223 e. The molecule has 3 N–H and O–H groups in total. The van der Waals surface area contributed by atoms with Crippen LogP contribution in [0.2, 0.25) is 0 Å². The maximum Gasteiger partial charge on any atom is 0.223 e. The SMILES string of the molecule is COCCCNc1nccc(-c2[nH]c(C3OCC(CO)CO3)nc2-c2ccc(F)cc2)n1. The summed E-state index contributed by atoms with van der Waals surface area (Å²) in [6, 6.07) is 7.86. The number of nitrogens with one attached hydrogen (secondary N) is 2. The quantitative estimate of drug-likeness (QED) is 0.433. The first-order valence-electron chi connectivity index (χ1n) is 10.4. The molecule has 0 unspecified atom stereocenters. The Bertz CT molecular complexity index is 1010. The van der Waals surface area contributed by atoms with E-state index >= 15 is 0 Å². The number of rotatable bonds is 9. The molecule has 0 amide bonds. The van der Waals surface area contributed by atoms with Crippen molar-refractivity contribution in [3.63, 3.8) is 0 Å². The van der Waals surface area contributed by atoms with E-state index in [2.05, 4.69) is 25.3 Å². The van der Waals surface area contributed by atoms with Gasteiger partial charge in [-0.1, -0.05) is 0 Å². The van der Waals surface area contributed by atoms with Gasteiger partial charge in [-0.25, -0.2) is 19.3 Å². The number of aliphatic hydroxyl groups is 1. The molecule has 1 saturated heterocycles. The van der Waals surface area contributed by atoms with Gasteiger partial charge in [-0.2, -0.15) is 0 Å². The van der Waals surface area contributed by atoms with E-state index < -0.39 is 6.29 Å². The number of benzene rings is 1. The van der Waals surface area contributed by atoms with Crippen molar-refractivity contribution in [2.45, 2.75) is 12.7 Å². The topological polar surface area (TPSA) is 114 Å². The van der Waals surface area contributed by atoms with Gasteiger partial charge in [0.15, 0.2) is 5.82 Å². The highest BCUT2D eigenvalue weighted by Gasteiger charge is 2.27. The summed E-state index contributed by atoms with van der Waals surface area (Å²) < 4.78 is 30.0. The lowest BCUT2D eigenvalue weighted by Crippen LogP contribution is -2.29. The largest absolute Gasteiger partial charge is 0.396 e. The number of aromatic amines is 1. The highest BCUT2D eigenvalue weighted by molar-refractivity contribution is 5.77. The van der Waals surface area contributed by atoms with Crippen LogP contribution in [0.15, 0.2) is 36.5 Å². The van der Waals surface area contributed by atoms with Crippen LogP contribution < -0.4 is 5.32 Å². The van der Waals surface area contributed by atoms with E-state index in [0.29, 0.717) is 55.2 Å². The number of nitrogens with zero attached hydrogens (tertiary/aromatic N) is 3. The molecule has 1 aliphatic rings. The van der Waals surface area contributed by atoms with Crippen molar-refractivity contribution in [2.24, 2.45) is 5.92 Å². The summed E-state index contributed by atoms with van der Waals surface area (Å²) in [6.45, 7) is 2.05. The molecular formula is C22H26FN5O4. The van der Waals surface area contributed by atoms with Crippen molar-refractivity contribution in [1.82, 2.24) is 19.9 Å². The van der Waals surface area contributed by atoms with Crippen LogP contribution >= 0.6 is 0 Å². The van der Waals surface area contributed by atoms with Gasteiger partial charge in [0.05, 0.1) is 36.9 Å². The van der Waals surface area contributed by atoms with Gasteiger partial charge in [0.1, 0.15) is 5.82 Å². The van der Waals surface area contributed by atoms with Crippen LogP contribution in [0, 0.1) is 11.7 Å². The molecule has 0 atom stereocenters. The Balaban J connectivity index is 1.64. The van der Waals surface area contributed by atoms with E-state index in [0.717, 1.165) is 12.0 Å². The van der Waals surface area contributed by atoms with Crippen molar-refractivity contribution in [2.75, 3.05) is 45.4 Å². The molecule has 3 heterocycles. The predicted molar refractivity (Wildman–Crippen MR) is 115 cm³/mol. The van der Waals surface area contributed by atoms with Crippen molar-refractivity contribution in [3.8, 4) is 22.6 Å². The number of hydrogen-bond acceptors (Lipinski definition) is 8. The fourth-order valence-electron chi connectivity index (χ4n) is 3.31. The third-order valence-corrected chi connectivity index (χ3v) is 5.01. The minimum atomic E-state index is -0.695. The number of anilines is 1. The van der Waals surface area contributed by atoms with E-state index in [4.69, 9.17) is 14.2 Å². The lowest BCUT2D eigenvalue weighted by Gasteiger charge is -2.26. The minimum absolute atomic E-state index is 0.00194. The van der Waals surface area contributed by atoms with Crippen molar-refractivity contribution in [3.05, 3.63) is 48.2 Å². The molecule has 10 heteroatoms. The molecule has 32 heavy (non-hydrogen) atoms. The summed E-state index contributed by atoms with van der Waals surface area (Å²) >= 11 is 0. The number of methoxy groups -OCH3 is 1. The Morgan fingerprint density at radius 2 is 1.97 bits per heavy atom. The summed E-state index contributed by atoms with van der Waals surface area (Å²) in [5, 5.41) is 12.5. The lowest BCUT2D eigenvalue weighted by molar-refractivity contribution is -0.213. The molecular weight excluding hydrogens is 417 g/mol. The van der Waals surface area contributed by atoms with Crippen molar-refractivity contribution >= 4 is 5.95 Å². The molecule has 1 aliphatic heterocycles. The van der Waals surface area contributed by atoms with Gasteiger partial charge in [-0.15, -0.1) is 0 Å². The number of halogens is 1. The highest BCUT2D eigenvalue weighted by Crippen LogP contribution is 2.33. The van der Waals surface area contributed by atoms with Gasteiger partial charge in [0.2, 0.25) is 12.2 Å². The molecule has 1 fully saturated rings. The molecule has 9 nitrogen and oxygen atoms in total. The zero-order chi connectivity index (χ0) is 22.3. The second kappa shape index (κ2) is 10.6. The highest BCUT2D eigenvalue weighted by atomic mass is 19.1. The Kier molecular flexibility index (Phi) is 7.38. The summed E-state index contributed by atoms with van der Waals surface area (Å²) in [5.74, 6) is 0.565. The Morgan fingerprint density at radius 3 is 2.69 bits per heavy atom. The van der Waals surface area contributed by atoms with E-state index in [1.807, 2.05) is 0 Å². The molecule has 4 rings (SSSR count). The summed E-state index contributed by atoms with van der Waals surface area (Å²) in [6.07, 6.45) is 1.79. The van der Waals surface area contributed by atoms with Crippen LogP contribution in [-0.4, -0.2) is 65.1 Å². The number of H-pyrrole nitrogens is 1. The van der Waals surface area contributed by atoms with Gasteiger partial charge >= 0.3 is 0 Å². The van der Waals surface area contributed by atoms with Crippen molar-refractivity contribution in [1.29, 1.82) is 0 Å². The summed E-state index contributed by atoms with van der Waals surface area (Å²) in [5.41, 5.74) is 2.59. The molecule has 3 aromatic rings. The monoisotopic (exact) mass is 443 g/mol. The average molecular weight is 443 g/mol. The van der Waals surface area contributed by atoms with Crippen LogP contribution in [0.1, 0.15) is 18.5 Å². The van der Waals surface area contributed by atoms with E-state index in [9.17, 15) is 9.50 Å². The van der Waals surface area contributed by atoms with Gasteiger partial charge in [0.25, 0.3) is 0 Å². The van der Waals surface area contributed by atoms with Crippen LogP contribution in [0.5, 0.6) is 0 Å². The zero-order valence-corrected chi connectivity index (χ0v) is 17.8. The fourth-order valence-corrected chi connectivity index (χ4v) is 3.31. The van der Waals surface area contributed by atoms with Gasteiger partial charge in [-0.3, -0.25) is 0 Å². The molecule has 0 saturated carbocycles. The van der Waals surface area contributed by atoms with E-state index in [1.165, 1.54) is 12.1 Å². The van der Waals surface area contributed by atoms with Gasteiger partial charge < -0.3 is 29.6 Å². The van der Waals surface area contributed by atoms with E-state index in [1.54, 1.807) is 31.5 Å². The minimum Gasteiger partial charge on any atom is -0.396 e. The maximum absolute atomic E-state index is 13.5. The summed E-state index contributed by atoms with van der Waals surface area (Å²) in [4.78, 5) is 16.8. The molecule has 0 bridgehead atoms. The second-order valence-electron chi connectivity index (χ2n) is 7.44. The van der Waals surface area contributed by atoms with Gasteiger partial charge in [-0.05, 0) is 36.8 Å². The van der Waals surface area contributed by atoms with Crippen LogP contribution in [0.4, 0.5) is 10.3 Å². The summed E-state index contributed by atoms with van der Waals surface area (Å²) in [7, 11) is 1.66. The van der Waals surface area contributed by atoms with Crippen molar-refractivity contribution < 1.29 is 23.7 Å². The molecule has 2 aromatic heterocycles. The molecule has 0 radical (unpaired) electrons. The number of aromatic nitrogens is 4. The third-order valence-electron chi connectivity index (χ3n) is 5.01. The fraction of sp³-hybridized carbons (Fsp3) is 0.409. The van der Waals surface area contributed by atoms with Gasteiger partial charge in [0, 0.05) is 37.9 Å². The third kappa shape index (κ3) is 5.28. The normalized spacial score (nSPS) is 18.6. The number of imidazole rings is 1. The first-order chi connectivity index (χ1) is 15.7. The Morgan fingerprint density at radius 1 is 1.19 bits per heavy atom. The molecule has 0 aliphatic carbocycles. The Labute approximate surface area is 185 Å². The first kappa shape index (κ1) is 22.3. The Hall–Kier alpha value is -2.92. The number of hydrogen-bond donors (Lipinski definition) is 3. The standard InChI is InChI=1S/C22H26FN5O4/c1-30-10-2-8-24-22-25-9-7-17(26-22)19-18(15-3-5-16(23)6-4-15)27-20(28-19)21-31-12-14(11-29)13-32-21/h3-7,9,14,21,29H,2,8,10-13H2,1H3,(H,27,28)(H,24,25,26). The maximum atomic E-state index is 13.5. The van der Waals surface area contributed by atoms with Crippen LogP contribution in [0.25, 0.3) is 22.6 Å². The molecule has 170 valence electrons. The lowest BCUT2D eigenvalue weighted by atomic mass is 10.1. The average Bonchev–Trinajstić information content (AvgIpc) is 3.28.